The van der Waals surface area contributed by atoms with Crippen LogP contribution in [0.3, 0.4) is 0 Å². The number of nitrogens with one attached hydrogen (secondary N) is 2. The Morgan fingerprint density at radius 2 is 2.07 bits per heavy atom. The zero-order chi connectivity index (χ0) is 21.5. The Morgan fingerprint density at radius 1 is 1.27 bits per heavy atom. The number of para-hydroxylation sites is 1. The summed E-state index contributed by atoms with van der Waals surface area (Å²) < 4.78 is 18.6. The number of ether oxygens (including phenoxy) is 1. The number of hydrogen-bond donors (Lipinski definition) is 2. The standard InChI is InChI=1S/C21H20ClFN2O5/c1-13(25-20(26)12-28-15-6-7-16(22)17(23)11-15)8-9-24-21(27)19-10-14-4-2-3-5-18(14)29-30-19/h2-7,11,19H,1,8-10,12H2,(H,24,27)(H,25,26). The molecule has 1 atom stereocenters. The summed E-state index contributed by atoms with van der Waals surface area (Å²) in [5, 5.41) is 5.24. The van der Waals surface area contributed by atoms with Crippen LogP contribution < -0.4 is 20.3 Å². The Labute approximate surface area is 177 Å². The van der Waals surface area contributed by atoms with Crippen LogP contribution in [0.5, 0.6) is 11.5 Å². The van der Waals surface area contributed by atoms with Crippen molar-refractivity contribution in [1.82, 2.24) is 10.6 Å². The third-order valence-corrected chi connectivity index (χ3v) is 4.53. The number of rotatable bonds is 8. The van der Waals surface area contributed by atoms with Crippen LogP contribution in [0.1, 0.15) is 12.0 Å². The van der Waals surface area contributed by atoms with E-state index in [0.29, 0.717) is 24.3 Å². The fraction of sp³-hybridized carbons (Fsp3) is 0.238. The maximum Gasteiger partial charge on any atom is 0.262 e. The van der Waals surface area contributed by atoms with Crippen molar-refractivity contribution in [1.29, 1.82) is 0 Å². The second-order valence-electron chi connectivity index (χ2n) is 6.54. The average molecular weight is 435 g/mol. The number of fused-ring (bicyclic) bond motifs is 1. The van der Waals surface area contributed by atoms with E-state index in [1.807, 2.05) is 18.2 Å². The first kappa shape index (κ1) is 21.6. The van der Waals surface area contributed by atoms with Gasteiger partial charge in [0, 0.05) is 36.7 Å². The van der Waals surface area contributed by atoms with Gasteiger partial charge in [0.25, 0.3) is 11.8 Å². The van der Waals surface area contributed by atoms with Crippen LogP contribution in [0, 0.1) is 5.82 Å². The molecule has 1 aliphatic heterocycles. The highest BCUT2D eigenvalue weighted by Gasteiger charge is 2.27. The fourth-order valence-electron chi connectivity index (χ4n) is 2.70. The summed E-state index contributed by atoms with van der Waals surface area (Å²) in [6, 6.07) is 11.2. The van der Waals surface area contributed by atoms with Crippen LogP contribution in [-0.2, 0) is 20.9 Å². The largest absolute Gasteiger partial charge is 0.484 e. The van der Waals surface area contributed by atoms with Crippen molar-refractivity contribution in [3.63, 3.8) is 0 Å². The van der Waals surface area contributed by atoms with Gasteiger partial charge < -0.3 is 20.3 Å². The number of hydrogen-bond acceptors (Lipinski definition) is 5. The van der Waals surface area contributed by atoms with Crippen molar-refractivity contribution in [3.8, 4) is 11.5 Å². The molecule has 0 saturated carbocycles. The van der Waals surface area contributed by atoms with Crippen molar-refractivity contribution in [2.75, 3.05) is 13.2 Å². The van der Waals surface area contributed by atoms with Gasteiger partial charge >= 0.3 is 0 Å². The normalized spacial score (nSPS) is 14.8. The zero-order valence-electron chi connectivity index (χ0n) is 16.0. The first-order valence-corrected chi connectivity index (χ1v) is 9.54. The summed E-state index contributed by atoms with van der Waals surface area (Å²) in [4.78, 5) is 34.4. The minimum absolute atomic E-state index is 0.0309. The topological polar surface area (TPSA) is 85.9 Å². The zero-order valence-corrected chi connectivity index (χ0v) is 16.7. The summed E-state index contributed by atoms with van der Waals surface area (Å²) in [6.07, 6.45) is -0.0320. The van der Waals surface area contributed by atoms with Crippen molar-refractivity contribution in [3.05, 3.63) is 71.1 Å². The molecule has 0 spiro atoms. The van der Waals surface area contributed by atoms with E-state index in [1.165, 1.54) is 12.1 Å². The molecule has 2 amide bonds. The molecule has 158 valence electrons. The van der Waals surface area contributed by atoms with E-state index in [2.05, 4.69) is 17.2 Å². The van der Waals surface area contributed by atoms with E-state index in [4.69, 9.17) is 26.1 Å². The predicted octanol–water partition coefficient (Wildman–Crippen LogP) is 2.93. The molecule has 2 aromatic carbocycles. The van der Waals surface area contributed by atoms with Gasteiger partial charge in [-0.05, 0) is 18.2 Å². The average Bonchev–Trinajstić information content (AvgIpc) is 2.74. The second-order valence-corrected chi connectivity index (χ2v) is 6.94. The Hall–Kier alpha value is -3.10. The Kier molecular flexibility index (Phi) is 7.26. The van der Waals surface area contributed by atoms with Gasteiger partial charge in [-0.15, -0.1) is 0 Å². The monoisotopic (exact) mass is 434 g/mol. The highest BCUT2D eigenvalue weighted by atomic mass is 35.5. The molecular weight excluding hydrogens is 415 g/mol. The van der Waals surface area contributed by atoms with E-state index in [9.17, 15) is 14.0 Å². The predicted molar refractivity (Wildman–Crippen MR) is 107 cm³/mol. The highest BCUT2D eigenvalue weighted by molar-refractivity contribution is 6.30. The molecule has 7 nitrogen and oxygen atoms in total. The molecule has 0 saturated heterocycles. The van der Waals surface area contributed by atoms with Crippen molar-refractivity contribution in [2.45, 2.75) is 18.9 Å². The molecule has 1 heterocycles. The van der Waals surface area contributed by atoms with E-state index in [-0.39, 0.29) is 29.8 Å². The van der Waals surface area contributed by atoms with E-state index in [0.717, 1.165) is 11.6 Å². The van der Waals surface area contributed by atoms with Gasteiger partial charge in [-0.1, -0.05) is 36.4 Å². The molecule has 30 heavy (non-hydrogen) atoms. The number of halogens is 2. The Balaban J connectivity index is 1.35. The fourth-order valence-corrected chi connectivity index (χ4v) is 2.81. The lowest BCUT2D eigenvalue weighted by Crippen LogP contribution is -2.41. The first-order chi connectivity index (χ1) is 14.4. The van der Waals surface area contributed by atoms with Crippen molar-refractivity contribution < 1.29 is 28.5 Å². The Bertz CT molecular complexity index is 953. The number of carbonyl (C=O) groups is 2. The summed E-state index contributed by atoms with van der Waals surface area (Å²) >= 11 is 5.59. The summed E-state index contributed by atoms with van der Waals surface area (Å²) in [5.41, 5.74) is 1.29. The van der Waals surface area contributed by atoms with Crippen LogP contribution >= 0.6 is 11.6 Å². The maximum absolute atomic E-state index is 13.3. The van der Waals surface area contributed by atoms with Gasteiger partial charge in [0.1, 0.15) is 11.6 Å². The number of amides is 2. The molecule has 0 radical (unpaired) electrons. The van der Waals surface area contributed by atoms with Gasteiger partial charge in [-0.2, -0.15) is 4.89 Å². The highest BCUT2D eigenvalue weighted by Crippen LogP contribution is 2.25. The number of benzene rings is 2. The molecule has 0 aromatic heterocycles. The molecule has 0 bridgehead atoms. The van der Waals surface area contributed by atoms with Crippen LogP contribution in [0.15, 0.2) is 54.7 Å². The molecule has 1 unspecified atom stereocenters. The van der Waals surface area contributed by atoms with E-state index >= 15 is 0 Å². The molecular formula is C21H20ClFN2O5. The molecule has 2 N–H and O–H groups in total. The van der Waals surface area contributed by atoms with Crippen molar-refractivity contribution >= 4 is 23.4 Å². The van der Waals surface area contributed by atoms with Gasteiger partial charge in [0.15, 0.2) is 18.5 Å². The summed E-state index contributed by atoms with van der Waals surface area (Å²) in [7, 11) is 0. The molecule has 2 aromatic rings. The smallest absolute Gasteiger partial charge is 0.262 e. The Morgan fingerprint density at radius 3 is 2.87 bits per heavy atom. The third-order valence-electron chi connectivity index (χ3n) is 4.23. The van der Waals surface area contributed by atoms with Gasteiger partial charge in [0.2, 0.25) is 0 Å². The minimum atomic E-state index is -0.754. The SMILES string of the molecule is C=C(CCNC(=O)C1Cc2ccccc2OO1)NC(=O)COc1ccc(Cl)c(F)c1. The first-order valence-electron chi connectivity index (χ1n) is 9.17. The molecule has 3 rings (SSSR count). The van der Waals surface area contributed by atoms with Crippen LogP contribution in [0.2, 0.25) is 5.02 Å². The van der Waals surface area contributed by atoms with Gasteiger partial charge in [-0.25, -0.2) is 4.39 Å². The van der Waals surface area contributed by atoms with Gasteiger partial charge in [-0.3, -0.25) is 9.59 Å². The minimum Gasteiger partial charge on any atom is -0.484 e. The van der Waals surface area contributed by atoms with Crippen LogP contribution in [0.4, 0.5) is 4.39 Å². The lowest BCUT2D eigenvalue weighted by atomic mass is 10.1. The quantitative estimate of drug-likeness (QED) is 0.624. The van der Waals surface area contributed by atoms with Crippen LogP contribution in [0.25, 0.3) is 0 Å². The third kappa shape index (κ3) is 5.95. The molecule has 9 heteroatoms. The van der Waals surface area contributed by atoms with E-state index in [1.54, 1.807) is 6.07 Å². The lowest BCUT2D eigenvalue weighted by Gasteiger charge is -2.23. The maximum atomic E-state index is 13.3. The van der Waals surface area contributed by atoms with Crippen molar-refractivity contribution in [2.24, 2.45) is 0 Å². The lowest BCUT2D eigenvalue weighted by molar-refractivity contribution is -0.249. The molecule has 0 aliphatic carbocycles. The summed E-state index contributed by atoms with van der Waals surface area (Å²) in [6.45, 7) is 3.67. The summed E-state index contributed by atoms with van der Waals surface area (Å²) in [5.74, 6) is -0.632. The number of carbonyl (C=O) groups excluding carboxylic acids is 2. The van der Waals surface area contributed by atoms with Crippen LogP contribution in [-0.4, -0.2) is 31.1 Å². The molecule has 0 fully saturated rings. The van der Waals surface area contributed by atoms with E-state index < -0.39 is 17.8 Å². The second kappa shape index (κ2) is 10.1. The van der Waals surface area contributed by atoms with Gasteiger partial charge in [0.05, 0.1) is 5.02 Å². The molecule has 1 aliphatic rings.